The summed E-state index contributed by atoms with van der Waals surface area (Å²) in [5.74, 6) is -5.38. The van der Waals surface area contributed by atoms with Crippen molar-refractivity contribution in [1.82, 2.24) is 51.1 Å². The topological polar surface area (TPSA) is 353 Å². The number of likely N-dealkylation sites (tertiary alicyclic amines) is 1. The largest absolute Gasteiger partial charge is 0.445 e. The Morgan fingerprint density at radius 1 is 0.650 bits per heavy atom. The minimum atomic E-state index is -1.09. The van der Waals surface area contributed by atoms with Crippen molar-refractivity contribution in [3.05, 3.63) is 161 Å². The number of unbranched alkanes of at least 4 members (excludes halogenated alkanes) is 1. The molecule has 27 nitrogen and oxygen atoms in total. The van der Waals surface area contributed by atoms with E-state index in [9.17, 15) is 57.8 Å². The number of carbonyl (C=O) groups excluding carboxylic acids is 11. The molecule has 1 fully saturated rings. The lowest BCUT2D eigenvalue weighted by atomic mass is 9.85. The number of ketones is 2. The van der Waals surface area contributed by atoms with Gasteiger partial charge in [0.15, 0.2) is 5.78 Å². The molecule has 0 saturated carbocycles. The Morgan fingerprint density at radius 2 is 1.29 bits per heavy atom. The minimum Gasteiger partial charge on any atom is -0.445 e. The number of aliphatic hydroxyl groups is 1. The van der Waals surface area contributed by atoms with Crippen LogP contribution in [0.4, 0.5) is 15.3 Å². The number of aliphatic hydroxyl groups excluding tert-OH is 1. The SMILES string of the molecule is CC[C@H](C)[C@@H]([C@@H](CC(=O)N1CCC[C@H]1[C@H](OC)[C@@H](C)C(=O)C[C@H](C)[C@@H](O)c1ccccc1)OC)N(C)C(=O)[C@@H](NC(=O)C(C(C)C)N(C)C(=O)OCc1ccc(CC(=O)[C@H](CCCNC(N)=O)NC(=O)[C@@H](NC(=O)CCCCC(=O)N2Cc3ccccc3-c3nn(-c4ccc(C(=O)NC)cc4)cc3-c3ccccc32)C(C)C)cc1)C(C)C. The number of amides is 10. The highest BCUT2D eigenvalue weighted by Crippen LogP contribution is 2.43. The van der Waals surface area contributed by atoms with Gasteiger partial charge in [-0.25, -0.2) is 14.3 Å². The summed E-state index contributed by atoms with van der Waals surface area (Å²) in [7, 11) is 7.73. The van der Waals surface area contributed by atoms with Crippen LogP contribution < -0.4 is 37.2 Å². The molecule has 2 aliphatic heterocycles. The number of benzene rings is 5. The molecular formula is C90H122N12O15. The van der Waals surface area contributed by atoms with E-state index >= 15 is 0 Å². The second-order valence-corrected chi connectivity index (χ2v) is 32.2. The quantitative estimate of drug-likeness (QED) is 0.0175. The van der Waals surface area contributed by atoms with Crippen LogP contribution in [0, 0.1) is 35.5 Å². The van der Waals surface area contributed by atoms with Crippen LogP contribution in [0.15, 0.2) is 134 Å². The number of primary amides is 1. The molecule has 632 valence electrons. The summed E-state index contributed by atoms with van der Waals surface area (Å²) in [6.45, 7) is 19.0. The number of anilines is 1. The Hall–Kier alpha value is -10.6. The molecule has 10 amide bonds. The van der Waals surface area contributed by atoms with Gasteiger partial charge in [-0.3, -0.25) is 48.1 Å². The Kier molecular flexibility index (Phi) is 34.2. The van der Waals surface area contributed by atoms with Crippen molar-refractivity contribution in [2.45, 2.75) is 214 Å². The van der Waals surface area contributed by atoms with Crippen molar-refractivity contribution in [2.24, 2.45) is 41.2 Å². The maximum Gasteiger partial charge on any atom is 0.410 e. The van der Waals surface area contributed by atoms with Crippen molar-refractivity contribution in [2.75, 3.05) is 53.4 Å². The van der Waals surface area contributed by atoms with E-state index in [1.165, 1.54) is 19.1 Å². The average molecular weight is 1610 g/mol. The molecule has 0 bridgehead atoms. The molecule has 2 aliphatic rings. The summed E-state index contributed by atoms with van der Waals surface area (Å²) in [5, 5.41) is 30.0. The van der Waals surface area contributed by atoms with Gasteiger partial charge >= 0.3 is 12.1 Å². The Balaban J connectivity index is 0.835. The zero-order valence-electron chi connectivity index (χ0n) is 70.6. The van der Waals surface area contributed by atoms with Crippen LogP contribution in [-0.4, -0.2) is 192 Å². The second kappa shape index (κ2) is 43.5. The second-order valence-electron chi connectivity index (χ2n) is 32.2. The lowest BCUT2D eigenvalue weighted by molar-refractivity contribution is -0.148. The van der Waals surface area contributed by atoms with Gasteiger partial charge in [0.05, 0.1) is 60.8 Å². The van der Waals surface area contributed by atoms with Crippen LogP contribution in [0.5, 0.6) is 0 Å². The average Bonchev–Trinajstić information content (AvgIpc) is 1.64. The molecule has 6 aromatic rings. The van der Waals surface area contributed by atoms with E-state index in [2.05, 4.69) is 26.6 Å². The number of carbonyl (C=O) groups is 11. The summed E-state index contributed by atoms with van der Waals surface area (Å²) >= 11 is 0. The number of methoxy groups -OCH3 is 2. The fraction of sp³-hybridized carbons (Fsp3) is 0.511. The molecule has 0 aliphatic carbocycles. The van der Waals surface area contributed by atoms with Gasteiger partial charge < -0.3 is 66.3 Å². The number of para-hydroxylation sites is 1. The number of hydrogen-bond acceptors (Lipinski definition) is 16. The molecule has 5 aromatic carbocycles. The highest BCUT2D eigenvalue weighted by Gasteiger charge is 2.44. The molecule has 12 atom stereocenters. The number of ether oxygens (including phenoxy) is 3. The molecule has 1 aromatic heterocycles. The number of Topliss-reactive ketones (excluding diaryl/α,β-unsaturated/α-hetero) is 2. The van der Waals surface area contributed by atoms with Crippen LogP contribution in [0.1, 0.15) is 179 Å². The van der Waals surface area contributed by atoms with E-state index in [1.54, 1.807) is 105 Å². The van der Waals surface area contributed by atoms with Crippen LogP contribution in [0.3, 0.4) is 0 Å². The van der Waals surface area contributed by atoms with Crippen LogP contribution >= 0.6 is 0 Å². The predicted molar refractivity (Wildman–Crippen MR) is 448 cm³/mol. The summed E-state index contributed by atoms with van der Waals surface area (Å²) in [6.07, 6.45) is 1.99. The first-order chi connectivity index (χ1) is 55.8. The maximum absolute atomic E-state index is 14.9. The smallest absolute Gasteiger partial charge is 0.410 e. The first kappa shape index (κ1) is 91.9. The number of likely N-dealkylation sites (N-methyl/N-ethyl adjacent to an activating group) is 2. The zero-order chi connectivity index (χ0) is 85.5. The van der Waals surface area contributed by atoms with E-state index < -0.39 is 114 Å². The zero-order valence-corrected chi connectivity index (χ0v) is 70.6. The number of aromatic nitrogens is 2. The molecule has 27 heteroatoms. The highest BCUT2D eigenvalue weighted by atomic mass is 16.6. The molecular weight excluding hydrogens is 1490 g/mol. The van der Waals surface area contributed by atoms with Crippen LogP contribution in [0.25, 0.3) is 28.1 Å². The molecule has 1 saturated heterocycles. The van der Waals surface area contributed by atoms with Gasteiger partial charge in [0.25, 0.3) is 5.91 Å². The first-order valence-corrected chi connectivity index (χ1v) is 41.0. The third kappa shape index (κ3) is 24.0. The number of nitrogens with one attached hydrogen (secondary N) is 5. The van der Waals surface area contributed by atoms with Crippen molar-refractivity contribution < 1.29 is 72.1 Å². The van der Waals surface area contributed by atoms with Gasteiger partial charge in [-0.15, -0.1) is 0 Å². The minimum absolute atomic E-state index is 0.0150. The molecule has 0 spiro atoms. The number of nitrogens with zero attached hydrogens (tertiary/aromatic N) is 6. The van der Waals surface area contributed by atoms with Crippen LogP contribution in [0.2, 0.25) is 0 Å². The number of fused-ring (bicyclic) bond motifs is 5. The third-order valence-electron chi connectivity index (χ3n) is 22.9. The highest BCUT2D eigenvalue weighted by molar-refractivity contribution is 6.01. The van der Waals surface area contributed by atoms with Gasteiger partial charge in [0.2, 0.25) is 35.4 Å². The number of nitrogens with two attached hydrogens (primary N) is 1. The van der Waals surface area contributed by atoms with Crippen molar-refractivity contribution in [3.8, 4) is 28.1 Å². The monoisotopic (exact) mass is 1610 g/mol. The molecule has 3 heterocycles. The maximum atomic E-state index is 14.9. The van der Waals surface area contributed by atoms with Crippen LogP contribution in [-0.2, 0) is 72.1 Å². The molecule has 8 N–H and O–H groups in total. The fourth-order valence-electron chi connectivity index (χ4n) is 16.0. The summed E-state index contributed by atoms with van der Waals surface area (Å²) in [5.41, 5.74) is 13.3. The Labute approximate surface area is 688 Å². The van der Waals surface area contributed by atoms with E-state index in [0.29, 0.717) is 61.0 Å². The summed E-state index contributed by atoms with van der Waals surface area (Å²) < 4.78 is 19.7. The van der Waals surface area contributed by atoms with Gasteiger partial charge in [0, 0.05) is 109 Å². The summed E-state index contributed by atoms with van der Waals surface area (Å²) in [4.78, 5) is 159. The Bertz CT molecular complexity index is 4380. The normalized spacial score (nSPS) is 16.0. The van der Waals surface area contributed by atoms with Gasteiger partial charge in [0.1, 0.15) is 36.2 Å². The molecule has 0 radical (unpaired) electrons. The molecule has 8 rings (SSSR count). The predicted octanol–water partition coefficient (Wildman–Crippen LogP) is 10.8. The van der Waals surface area contributed by atoms with Gasteiger partial charge in [-0.1, -0.05) is 173 Å². The fourth-order valence-corrected chi connectivity index (χ4v) is 16.0. The third-order valence-corrected chi connectivity index (χ3v) is 22.9. The van der Waals surface area contributed by atoms with Crippen molar-refractivity contribution in [3.63, 3.8) is 0 Å². The van der Waals surface area contributed by atoms with Crippen molar-refractivity contribution >= 4 is 70.7 Å². The number of rotatable bonds is 41. The molecule has 1 unspecified atom stereocenters. The number of urea groups is 1. The standard InChI is InChI=1S/C90H122N12O15/c1-16-57(8)82(74(115-14)50-77(107)100-47-27-35-71(100)84(116-15)59(10)72(103)48-58(9)83(108)62-28-18-17-19-29-62)98(12)88(112)79(55(4)5)96-87(111)81(56(6)7)99(13)90(114)117-53-61-40-38-60(39-41-61)49-73(104)69(33-26-46-93-89(91)113)94-86(110)78(54(2)3)95-75(105)36-24-25-37-76(106)101-51-64-30-20-21-31-66(64)80-68(67-32-22-23-34-70(67)101)52-102(97-80)65-44-42-63(43-45-65)85(109)92-11/h17-23,28-32,34,38-45,52,54-59,69,71,74,78-79,81-84,108H,16,24-27,33,35-37,46-51,53H2,1-15H3,(H,92,109)(H,94,110)(H,95,105)(H,96,111)(H3,91,93,113)/t57-,58-,59-,69-,71-,74+,78-,79-,81?,82-,83+,84+/m0/s1. The summed E-state index contributed by atoms with van der Waals surface area (Å²) in [6, 6.07) is 32.6. The van der Waals surface area contributed by atoms with Gasteiger partial charge in [-0.05, 0) is 121 Å². The van der Waals surface area contributed by atoms with E-state index in [-0.39, 0.29) is 106 Å². The Morgan fingerprint density at radius 3 is 1.92 bits per heavy atom. The van der Waals surface area contributed by atoms with E-state index in [4.69, 9.17) is 25.0 Å². The first-order valence-electron chi connectivity index (χ1n) is 41.0. The lowest BCUT2D eigenvalue weighted by Gasteiger charge is -2.41. The number of hydrogen-bond donors (Lipinski definition) is 7. The van der Waals surface area contributed by atoms with Gasteiger partial charge in [-0.2, -0.15) is 5.10 Å². The van der Waals surface area contributed by atoms with E-state index in [1.807, 2.05) is 139 Å². The van der Waals surface area contributed by atoms with E-state index in [0.717, 1.165) is 39.2 Å². The molecule has 117 heavy (non-hydrogen) atoms. The van der Waals surface area contributed by atoms with Crippen molar-refractivity contribution in [1.29, 1.82) is 0 Å². The lowest BCUT2D eigenvalue weighted by Crippen LogP contribution is -2.60.